The lowest BCUT2D eigenvalue weighted by Crippen LogP contribution is -2.42. The third kappa shape index (κ3) is 3.57. The summed E-state index contributed by atoms with van der Waals surface area (Å²) in [6, 6.07) is 14.1. The molecule has 0 unspecified atom stereocenters. The van der Waals surface area contributed by atoms with Gasteiger partial charge < -0.3 is 10.1 Å². The highest BCUT2D eigenvalue weighted by atomic mass is 19.1. The first-order valence-electron chi connectivity index (χ1n) is 10.2. The maximum Gasteiger partial charge on any atom is 0.235 e. The highest BCUT2D eigenvalue weighted by molar-refractivity contribution is 6.06. The predicted molar refractivity (Wildman–Crippen MR) is 113 cm³/mol. The summed E-state index contributed by atoms with van der Waals surface area (Å²) < 4.78 is 20.4. The average Bonchev–Trinajstić information content (AvgIpc) is 2.76. The summed E-state index contributed by atoms with van der Waals surface area (Å²) in [7, 11) is 0. The third-order valence-corrected chi connectivity index (χ3v) is 5.81. The molecule has 4 rings (SSSR count). The number of hydrogen-bond acceptors (Lipinski definition) is 3. The van der Waals surface area contributed by atoms with E-state index >= 15 is 0 Å². The van der Waals surface area contributed by atoms with Crippen molar-refractivity contribution in [2.24, 2.45) is 0 Å². The lowest BCUT2D eigenvalue weighted by Gasteiger charge is -2.36. The second-order valence-corrected chi connectivity index (χ2v) is 7.52. The van der Waals surface area contributed by atoms with Crippen LogP contribution in [0.3, 0.4) is 0 Å². The predicted octanol–water partition coefficient (Wildman–Crippen LogP) is 5.61. The van der Waals surface area contributed by atoms with Gasteiger partial charge in [0.1, 0.15) is 17.1 Å². The summed E-state index contributed by atoms with van der Waals surface area (Å²) in [5.74, 6) is 0.210. The van der Waals surface area contributed by atoms with Gasteiger partial charge in [-0.1, -0.05) is 37.5 Å². The van der Waals surface area contributed by atoms with Gasteiger partial charge in [-0.15, -0.1) is 0 Å². The Morgan fingerprint density at radius 2 is 1.90 bits per heavy atom. The molecule has 0 saturated heterocycles. The van der Waals surface area contributed by atoms with Crippen molar-refractivity contribution in [2.75, 3.05) is 11.9 Å². The molecular formula is C24H25FN2O2. The van der Waals surface area contributed by atoms with Gasteiger partial charge >= 0.3 is 0 Å². The molecule has 150 valence electrons. The maximum atomic E-state index is 14.7. The van der Waals surface area contributed by atoms with Crippen molar-refractivity contribution in [1.29, 1.82) is 0 Å². The lowest BCUT2D eigenvalue weighted by atomic mass is 9.68. The highest BCUT2D eigenvalue weighted by Crippen LogP contribution is 2.42. The summed E-state index contributed by atoms with van der Waals surface area (Å²) >= 11 is 0. The van der Waals surface area contributed by atoms with Crippen LogP contribution in [0.25, 0.3) is 10.9 Å². The molecule has 0 bridgehead atoms. The molecule has 4 nitrogen and oxygen atoms in total. The molecule has 3 aromatic rings. The summed E-state index contributed by atoms with van der Waals surface area (Å²) in [6.45, 7) is 2.46. The monoisotopic (exact) mass is 392 g/mol. The minimum absolute atomic E-state index is 0.156. The van der Waals surface area contributed by atoms with Crippen molar-refractivity contribution in [3.63, 3.8) is 0 Å². The normalized spacial score (nSPS) is 15.8. The van der Waals surface area contributed by atoms with Gasteiger partial charge in [-0.05, 0) is 50.1 Å². The number of fused-ring (bicyclic) bond motifs is 1. The minimum atomic E-state index is -0.850. The summed E-state index contributed by atoms with van der Waals surface area (Å²) in [5.41, 5.74) is 1.01. The van der Waals surface area contributed by atoms with E-state index in [9.17, 15) is 9.18 Å². The minimum Gasteiger partial charge on any atom is -0.492 e. The van der Waals surface area contributed by atoms with Crippen molar-refractivity contribution in [3.8, 4) is 5.75 Å². The molecule has 0 spiro atoms. The zero-order valence-corrected chi connectivity index (χ0v) is 16.6. The van der Waals surface area contributed by atoms with Gasteiger partial charge in [0.2, 0.25) is 5.91 Å². The third-order valence-electron chi connectivity index (χ3n) is 5.81. The SMILES string of the molecule is CCOc1ccc(NC(=O)C2(c3ccccc3F)CCCCC2)c2cccnc12. The molecule has 0 radical (unpaired) electrons. The van der Waals surface area contributed by atoms with E-state index in [2.05, 4.69) is 10.3 Å². The number of pyridine rings is 1. The number of rotatable bonds is 5. The quantitative estimate of drug-likeness (QED) is 0.614. The second-order valence-electron chi connectivity index (χ2n) is 7.52. The first kappa shape index (κ1) is 19.4. The zero-order chi connectivity index (χ0) is 20.3. The number of aromatic nitrogens is 1. The molecule has 1 aliphatic carbocycles. The first-order valence-corrected chi connectivity index (χ1v) is 10.2. The number of nitrogens with zero attached hydrogens (tertiary/aromatic N) is 1. The lowest BCUT2D eigenvalue weighted by molar-refractivity contribution is -0.122. The molecule has 1 saturated carbocycles. The molecule has 1 aromatic heterocycles. The summed E-state index contributed by atoms with van der Waals surface area (Å²) in [5, 5.41) is 3.90. The largest absolute Gasteiger partial charge is 0.492 e. The van der Waals surface area contributed by atoms with Crippen LogP contribution in [0.2, 0.25) is 0 Å². The summed E-state index contributed by atoms with van der Waals surface area (Å²) in [4.78, 5) is 18.0. The van der Waals surface area contributed by atoms with E-state index in [0.29, 0.717) is 42.0 Å². The van der Waals surface area contributed by atoms with E-state index in [0.717, 1.165) is 24.6 Å². The van der Waals surface area contributed by atoms with Crippen LogP contribution in [-0.2, 0) is 10.2 Å². The van der Waals surface area contributed by atoms with Crippen LogP contribution in [0.5, 0.6) is 5.75 Å². The molecule has 29 heavy (non-hydrogen) atoms. The number of amides is 1. The van der Waals surface area contributed by atoms with Gasteiger partial charge in [0, 0.05) is 17.1 Å². The Balaban J connectivity index is 1.74. The van der Waals surface area contributed by atoms with Gasteiger partial charge in [0.25, 0.3) is 0 Å². The van der Waals surface area contributed by atoms with E-state index in [4.69, 9.17) is 4.74 Å². The highest BCUT2D eigenvalue weighted by Gasteiger charge is 2.43. The van der Waals surface area contributed by atoms with Gasteiger partial charge in [-0.25, -0.2) is 4.39 Å². The Morgan fingerprint density at radius 3 is 2.66 bits per heavy atom. The molecule has 2 aromatic carbocycles. The molecule has 1 fully saturated rings. The maximum absolute atomic E-state index is 14.7. The summed E-state index contributed by atoms with van der Waals surface area (Å²) in [6.07, 6.45) is 5.89. The number of halogens is 1. The van der Waals surface area contributed by atoms with Crippen LogP contribution in [0.1, 0.15) is 44.6 Å². The average molecular weight is 392 g/mol. The Bertz CT molecular complexity index is 1030. The number of ether oxygens (including phenoxy) is 1. The zero-order valence-electron chi connectivity index (χ0n) is 16.6. The fraction of sp³-hybridized carbons (Fsp3) is 0.333. The first-order chi connectivity index (χ1) is 14.2. The van der Waals surface area contributed by atoms with Crippen LogP contribution in [0, 0.1) is 5.82 Å². The van der Waals surface area contributed by atoms with Crippen molar-refractivity contribution in [1.82, 2.24) is 4.98 Å². The van der Waals surface area contributed by atoms with E-state index in [1.165, 1.54) is 6.07 Å². The molecule has 0 atom stereocenters. The van der Waals surface area contributed by atoms with Crippen LogP contribution in [0.4, 0.5) is 10.1 Å². The molecule has 1 aliphatic rings. The van der Waals surface area contributed by atoms with Gasteiger partial charge in [-0.2, -0.15) is 0 Å². The Morgan fingerprint density at radius 1 is 1.10 bits per heavy atom. The second kappa shape index (κ2) is 8.19. The van der Waals surface area contributed by atoms with Gasteiger partial charge in [0.05, 0.1) is 17.7 Å². The van der Waals surface area contributed by atoms with E-state index in [-0.39, 0.29) is 11.7 Å². The number of carbonyl (C=O) groups is 1. The number of nitrogens with one attached hydrogen (secondary N) is 1. The van der Waals surface area contributed by atoms with Crippen LogP contribution < -0.4 is 10.1 Å². The molecular weight excluding hydrogens is 367 g/mol. The molecule has 1 amide bonds. The van der Waals surface area contributed by atoms with Crippen LogP contribution >= 0.6 is 0 Å². The van der Waals surface area contributed by atoms with Gasteiger partial charge in [-0.3, -0.25) is 9.78 Å². The standard InChI is InChI=1S/C24H25FN2O2/c1-2-29-21-13-12-20(17-9-8-16-26-22(17)21)27-23(28)24(14-6-3-7-15-24)18-10-4-5-11-19(18)25/h4-5,8-13,16H,2-3,6-7,14-15H2,1H3,(H,27,28). The van der Waals surface area contributed by atoms with Crippen molar-refractivity contribution in [2.45, 2.75) is 44.4 Å². The molecule has 0 aliphatic heterocycles. The van der Waals surface area contributed by atoms with E-state index < -0.39 is 5.41 Å². The Hall–Kier alpha value is -2.95. The fourth-order valence-corrected chi connectivity index (χ4v) is 4.39. The van der Waals surface area contributed by atoms with Crippen LogP contribution in [-0.4, -0.2) is 17.5 Å². The topological polar surface area (TPSA) is 51.2 Å². The van der Waals surface area contributed by atoms with E-state index in [1.807, 2.05) is 31.2 Å². The molecule has 1 N–H and O–H groups in total. The number of hydrogen-bond donors (Lipinski definition) is 1. The Kier molecular flexibility index (Phi) is 5.47. The Labute approximate surface area is 170 Å². The van der Waals surface area contributed by atoms with E-state index in [1.54, 1.807) is 24.4 Å². The molecule has 1 heterocycles. The number of carbonyl (C=O) groups excluding carboxylic acids is 1. The number of anilines is 1. The number of benzene rings is 2. The fourth-order valence-electron chi connectivity index (χ4n) is 4.39. The van der Waals surface area contributed by atoms with Gasteiger partial charge in [0.15, 0.2) is 0 Å². The van der Waals surface area contributed by atoms with Crippen molar-refractivity contribution in [3.05, 3.63) is 66.1 Å². The molecule has 5 heteroatoms. The van der Waals surface area contributed by atoms with Crippen LogP contribution in [0.15, 0.2) is 54.7 Å². The van der Waals surface area contributed by atoms with Crippen molar-refractivity contribution >= 4 is 22.5 Å². The smallest absolute Gasteiger partial charge is 0.235 e. The van der Waals surface area contributed by atoms with Crippen molar-refractivity contribution < 1.29 is 13.9 Å².